The fourth-order valence-electron chi connectivity index (χ4n) is 7.02. The molecule has 0 radical (unpaired) electrons. The number of phosphoric ester groups is 1. The SMILES string of the molecule is O=P(O)(O)OC=C(Cl)Cl.OCCCCCCOCCCCCCOCCCCCCO.OCCCCCCOCCCCCCOCCCCCCO.OCCCCCCOCCCCCCOCCCCCCO. The Morgan fingerprint density at radius 1 is 0.267 bits per heavy atom. The van der Waals surface area contributed by atoms with Crippen LogP contribution in [0.25, 0.3) is 0 Å². The summed E-state index contributed by atoms with van der Waals surface area (Å²) >= 11 is 9.88. The highest BCUT2D eigenvalue weighted by Crippen LogP contribution is 2.36. The Labute approximate surface area is 467 Å². The molecule has 0 unspecified atom stereocenters. The van der Waals surface area contributed by atoms with E-state index >= 15 is 0 Å². The first kappa shape index (κ1) is 81.3. The zero-order chi connectivity index (χ0) is 55.9. The van der Waals surface area contributed by atoms with Crippen molar-refractivity contribution in [2.24, 2.45) is 0 Å². The van der Waals surface area contributed by atoms with E-state index in [-0.39, 0.29) is 4.49 Å². The molecule has 0 fully saturated rings. The van der Waals surface area contributed by atoms with Crippen molar-refractivity contribution >= 4 is 31.0 Å². The van der Waals surface area contributed by atoms with E-state index in [4.69, 9.17) is 92.0 Å². The van der Waals surface area contributed by atoms with Gasteiger partial charge >= 0.3 is 7.82 Å². The average molecular weight is 1150 g/mol. The van der Waals surface area contributed by atoms with Crippen molar-refractivity contribution in [3.63, 3.8) is 0 Å². The van der Waals surface area contributed by atoms with Crippen molar-refractivity contribution in [2.75, 3.05) is 119 Å². The molecule has 0 rings (SSSR count). The molecule has 0 heterocycles. The first-order chi connectivity index (χ1) is 36.7. The van der Waals surface area contributed by atoms with Crippen LogP contribution in [-0.2, 0) is 37.5 Å². The zero-order valence-corrected chi connectivity index (χ0v) is 49.7. The number of rotatable bonds is 59. The van der Waals surface area contributed by atoms with Gasteiger partial charge in [-0.05, 0) is 116 Å². The molecule has 0 atom stereocenters. The van der Waals surface area contributed by atoms with Gasteiger partial charge in [-0.2, -0.15) is 0 Å². The van der Waals surface area contributed by atoms with Crippen molar-refractivity contribution < 1.29 is 77.9 Å². The summed E-state index contributed by atoms with van der Waals surface area (Å²) in [7, 11) is -4.46. The van der Waals surface area contributed by atoms with E-state index in [1.54, 1.807) is 0 Å². The highest BCUT2D eigenvalue weighted by molar-refractivity contribution is 7.46. The Morgan fingerprint density at radius 3 is 0.493 bits per heavy atom. The van der Waals surface area contributed by atoms with Gasteiger partial charge in [0.15, 0.2) is 0 Å². The maximum absolute atomic E-state index is 9.85. The molecule has 0 aromatic heterocycles. The highest BCUT2D eigenvalue weighted by Gasteiger charge is 2.12. The van der Waals surface area contributed by atoms with Crippen LogP contribution in [0, 0.1) is 0 Å². The summed E-state index contributed by atoms with van der Waals surface area (Å²) in [6.45, 7) is 12.4. The summed E-state index contributed by atoms with van der Waals surface area (Å²) in [6, 6.07) is 0. The van der Waals surface area contributed by atoms with Crippen molar-refractivity contribution in [3.8, 4) is 0 Å². The first-order valence-electron chi connectivity index (χ1n) is 29.5. The molecule has 16 nitrogen and oxygen atoms in total. The Hall–Kier alpha value is -0.210. The largest absolute Gasteiger partial charge is 0.524 e. The zero-order valence-electron chi connectivity index (χ0n) is 47.3. The van der Waals surface area contributed by atoms with E-state index in [0.29, 0.717) is 45.9 Å². The second-order valence-electron chi connectivity index (χ2n) is 18.7. The Kier molecular flexibility index (Phi) is 84.5. The highest BCUT2D eigenvalue weighted by atomic mass is 35.5. The molecular weight excluding hydrogens is 1030 g/mol. The van der Waals surface area contributed by atoms with Crippen LogP contribution in [-0.4, -0.2) is 159 Å². The van der Waals surface area contributed by atoms with Gasteiger partial charge in [-0.3, -0.25) is 9.79 Å². The van der Waals surface area contributed by atoms with Crippen LogP contribution in [0.5, 0.6) is 0 Å². The molecule has 0 bridgehead atoms. The lowest BCUT2D eigenvalue weighted by Gasteiger charge is -2.05. The molecule has 0 amide bonds. The molecule has 0 aliphatic rings. The average Bonchev–Trinajstić information content (AvgIpc) is 3.39. The van der Waals surface area contributed by atoms with Crippen LogP contribution in [0.4, 0.5) is 0 Å². The van der Waals surface area contributed by atoms with Gasteiger partial charge in [0.25, 0.3) is 0 Å². The number of ether oxygens (including phenoxy) is 6. The molecular formula is C56H117Cl2O16P. The summed E-state index contributed by atoms with van der Waals surface area (Å²) in [6.07, 6.45) is 40.7. The third-order valence-electron chi connectivity index (χ3n) is 11.4. The normalized spacial score (nSPS) is 11.1. The minimum Gasteiger partial charge on any atom is -0.410 e. The smallest absolute Gasteiger partial charge is 0.410 e. The van der Waals surface area contributed by atoms with Crippen molar-refractivity contribution in [3.05, 3.63) is 10.8 Å². The number of halogens is 2. The van der Waals surface area contributed by atoms with Gasteiger partial charge in [-0.1, -0.05) is 139 Å². The van der Waals surface area contributed by atoms with E-state index in [0.717, 1.165) is 272 Å². The lowest BCUT2D eigenvalue weighted by atomic mass is 10.2. The van der Waals surface area contributed by atoms with E-state index in [2.05, 4.69) is 4.52 Å². The number of unbranched alkanes of at least 4 members (excludes halogenated alkanes) is 27. The molecule has 0 aromatic rings. The maximum atomic E-state index is 9.85. The molecule has 0 saturated heterocycles. The lowest BCUT2D eigenvalue weighted by Crippen LogP contribution is -1.99. The molecule has 0 aliphatic heterocycles. The number of aliphatic hydroxyl groups is 6. The second kappa shape index (κ2) is 78.0. The number of aliphatic hydroxyl groups excluding tert-OH is 6. The fourth-order valence-corrected chi connectivity index (χ4v) is 7.48. The number of phosphoric acid groups is 1. The summed E-state index contributed by atoms with van der Waals surface area (Å²) in [5.74, 6) is 0. The van der Waals surface area contributed by atoms with Gasteiger partial charge in [0.1, 0.15) is 10.8 Å². The van der Waals surface area contributed by atoms with Gasteiger partial charge in [0.2, 0.25) is 0 Å². The molecule has 0 saturated carbocycles. The number of hydrogen-bond acceptors (Lipinski definition) is 14. The molecule has 75 heavy (non-hydrogen) atoms. The lowest BCUT2D eigenvalue weighted by molar-refractivity contribution is 0.117. The van der Waals surface area contributed by atoms with Gasteiger partial charge < -0.3 is 63.6 Å². The predicted octanol–water partition coefficient (Wildman–Crippen LogP) is 12.4. The van der Waals surface area contributed by atoms with E-state index in [1.807, 2.05) is 0 Å². The van der Waals surface area contributed by atoms with Gasteiger partial charge in [-0.15, -0.1) is 0 Å². The van der Waals surface area contributed by atoms with Crippen LogP contribution >= 0.6 is 31.0 Å². The van der Waals surface area contributed by atoms with Crippen LogP contribution in [0.3, 0.4) is 0 Å². The Balaban J connectivity index is -0.000000465. The van der Waals surface area contributed by atoms with Crippen molar-refractivity contribution in [2.45, 2.75) is 231 Å². The summed E-state index contributed by atoms with van der Waals surface area (Å²) in [4.78, 5) is 16.0. The van der Waals surface area contributed by atoms with Crippen LogP contribution in [0.2, 0.25) is 0 Å². The van der Waals surface area contributed by atoms with Gasteiger partial charge in [0.05, 0.1) is 0 Å². The van der Waals surface area contributed by atoms with Crippen LogP contribution < -0.4 is 0 Å². The van der Waals surface area contributed by atoms with E-state index in [1.165, 1.54) is 38.5 Å². The van der Waals surface area contributed by atoms with Crippen molar-refractivity contribution in [1.82, 2.24) is 0 Å². The summed E-state index contributed by atoms with van der Waals surface area (Å²) in [5, 5.41) is 51.9. The minimum absolute atomic E-state index is 0.314. The topological polar surface area (TPSA) is 244 Å². The Bertz CT molecular complexity index is 895. The molecule has 0 aliphatic carbocycles. The first-order valence-corrected chi connectivity index (χ1v) is 31.8. The predicted molar refractivity (Wildman–Crippen MR) is 307 cm³/mol. The molecule has 19 heteroatoms. The van der Waals surface area contributed by atoms with Gasteiger partial charge in [0, 0.05) is 119 Å². The third-order valence-corrected chi connectivity index (χ3v) is 12.0. The third kappa shape index (κ3) is 96.5. The van der Waals surface area contributed by atoms with Crippen LogP contribution in [0.1, 0.15) is 231 Å². The standard InChI is InChI=1S/3C18H38O4.C2H3Cl2O4P/c3*19-13-7-1-3-9-15-21-17-11-5-6-12-18-22-16-10-4-2-8-14-20;3-2(4)1-8-9(5,6)7/h3*19-20H,1-18H2;1H,(H2,5,6,7). The molecule has 0 aromatic carbocycles. The van der Waals surface area contributed by atoms with Gasteiger partial charge in [-0.25, -0.2) is 4.57 Å². The quantitative estimate of drug-likeness (QED) is 0.0160. The van der Waals surface area contributed by atoms with E-state index < -0.39 is 7.82 Å². The maximum Gasteiger partial charge on any atom is 0.524 e. The number of hydrogen-bond donors (Lipinski definition) is 8. The minimum atomic E-state index is -4.46. The summed E-state index contributed by atoms with van der Waals surface area (Å²) in [5.41, 5.74) is 0. The molecule has 8 N–H and O–H groups in total. The van der Waals surface area contributed by atoms with E-state index in [9.17, 15) is 4.57 Å². The molecule has 0 spiro atoms. The van der Waals surface area contributed by atoms with Crippen molar-refractivity contribution in [1.29, 1.82) is 0 Å². The fraction of sp³-hybridized carbons (Fsp3) is 0.964. The summed E-state index contributed by atoms with van der Waals surface area (Å²) < 4.78 is 46.8. The Morgan fingerprint density at radius 2 is 0.400 bits per heavy atom. The molecule has 456 valence electrons. The van der Waals surface area contributed by atoms with Crippen LogP contribution in [0.15, 0.2) is 10.8 Å². The monoisotopic (exact) mass is 1150 g/mol. The second-order valence-corrected chi connectivity index (χ2v) is 20.9.